The Kier molecular flexibility index (Phi) is 6.35. The molecule has 10 heteroatoms. The van der Waals surface area contributed by atoms with E-state index >= 15 is 0 Å². The molecule has 1 aliphatic rings. The molecule has 0 spiro atoms. The number of pyridine rings is 1. The largest absolute Gasteiger partial charge is 0.433 e. The highest BCUT2D eigenvalue weighted by atomic mass is 19.4. The summed E-state index contributed by atoms with van der Waals surface area (Å²) in [7, 11) is 0. The van der Waals surface area contributed by atoms with Crippen molar-refractivity contribution in [2.75, 3.05) is 5.32 Å². The Balaban J connectivity index is 1.51. The summed E-state index contributed by atoms with van der Waals surface area (Å²) in [5.74, 6) is 0.460. The third kappa shape index (κ3) is 4.99. The Morgan fingerprint density at radius 2 is 1.88 bits per heavy atom. The zero-order valence-corrected chi connectivity index (χ0v) is 18.2. The molecule has 2 heterocycles. The second kappa shape index (κ2) is 9.21. The highest BCUT2D eigenvalue weighted by molar-refractivity contribution is 6.00. The van der Waals surface area contributed by atoms with Crippen molar-refractivity contribution in [1.82, 2.24) is 20.4 Å². The van der Waals surface area contributed by atoms with Gasteiger partial charge in [-0.05, 0) is 56.9 Å². The summed E-state index contributed by atoms with van der Waals surface area (Å²) < 4.78 is 44.3. The quantitative estimate of drug-likeness (QED) is 0.551. The summed E-state index contributed by atoms with van der Waals surface area (Å²) in [6, 6.07) is 9.05. The Bertz CT molecular complexity index is 1150. The van der Waals surface area contributed by atoms with E-state index in [1.54, 1.807) is 38.1 Å². The van der Waals surface area contributed by atoms with Crippen LogP contribution in [0.2, 0.25) is 0 Å². The van der Waals surface area contributed by atoms with E-state index in [0.717, 1.165) is 25.3 Å². The molecule has 1 fully saturated rings. The monoisotopic (exact) mass is 459 g/mol. The zero-order valence-electron chi connectivity index (χ0n) is 18.2. The van der Waals surface area contributed by atoms with Gasteiger partial charge in [-0.25, -0.2) is 4.98 Å². The molecule has 0 bridgehead atoms. The molecule has 0 unspecified atom stereocenters. The summed E-state index contributed by atoms with van der Waals surface area (Å²) in [6.45, 7) is 3.46. The standard InChI is InChI=1S/C23H24F3N5O2/c1-3-16-19(11-12-20(29-16)23(24,25)26)28-17-9-6-10-18(17)30-21(32)14-7-4-5-8-15(14)22-27-13(2)31-33-22/h4-5,7-8,11-12,17-18,28H,3,6,9-10H2,1-2H3,(H,30,32)/t17-,18-/m0/s1. The number of halogens is 3. The average Bonchev–Trinajstić information content (AvgIpc) is 3.42. The van der Waals surface area contributed by atoms with Crippen LogP contribution in [0, 0.1) is 6.92 Å². The van der Waals surface area contributed by atoms with Crippen LogP contribution in [0.3, 0.4) is 0 Å². The average molecular weight is 459 g/mol. The van der Waals surface area contributed by atoms with Gasteiger partial charge in [-0.1, -0.05) is 24.2 Å². The third-order valence-electron chi connectivity index (χ3n) is 5.70. The van der Waals surface area contributed by atoms with E-state index in [9.17, 15) is 18.0 Å². The molecule has 174 valence electrons. The van der Waals surface area contributed by atoms with Crippen molar-refractivity contribution in [3.8, 4) is 11.5 Å². The Morgan fingerprint density at radius 3 is 2.58 bits per heavy atom. The minimum absolute atomic E-state index is 0.129. The van der Waals surface area contributed by atoms with Crippen molar-refractivity contribution in [2.24, 2.45) is 0 Å². The van der Waals surface area contributed by atoms with Gasteiger partial charge in [0.05, 0.1) is 22.5 Å². The Hall–Kier alpha value is -3.43. The molecular formula is C23H24F3N5O2. The number of anilines is 1. The summed E-state index contributed by atoms with van der Waals surface area (Å²) in [6.07, 6.45) is -1.73. The number of alkyl halides is 3. The summed E-state index contributed by atoms with van der Waals surface area (Å²) >= 11 is 0. The van der Waals surface area contributed by atoms with E-state index in [1.165, 1.54) is 6.07 Å². The molecule has 1 amide bonds. The highest BCUT2D eigenvalue weighted by Gasteiger charge is 2.34. The number of rotatable bonds is 6. The lowest BCUT2D eigenvalue weighted by Crippen LogP contribution is -2.43. The van der Waals surface area contributed by atoms with Crippen LogP contribution < -0.4 is 10.6 Å². The molecule has 1 aliphatic carbocycles. The first-order valence-electron chi connectivity index (χ1n) is 10.8. The predicted molar refractivity (Wildman–Crippen MR) is 116 cm³/mol. The fraction of sp³-hybridized carbons (Fsp3) is 0.391. The number of aromatic nitrogens is 3. The second-order valence-electron chi connectivity index (χ2n) is 8.00. The SMILES string of the molecule is CCc1nc(C(F)(F)F)ccc1N[C@H]1CCC[C@@H]1NC(=O)c1ccccc1-c1nc(C)no1. The minimum atomic E-state index is -4.49. The van der Waals surface area contributed by atoms with E-state index in [1.807, 2.05) is 0 Å². The van der Waals surface area contributed by atoms with Crippen LogP contribution in [-0.2, 0) is 12.6 Å². The fourth-order valence-corrected chi connectivity index (χ4v) is 4.09. The molecule has 2 N–H and O–H groups in total. The van der Waals surface area contributed by atoms with Gasteiger partial charge in [-0.3, -0.25) is 4.79 Å². The number of benzene rings is 1. The van der Waals surface area contributed by atoms with Crippen molar-refractivity contribution in [3.63, 3.8) is 0 Å². The number of aryl methyl sites for hydroxylation is 2. The van der Waals surface area contributed by atoms with Gasteiger partial charge < -0.3 is 15.2 Å². The molecule has 4 rings (SSSR count). The lowest BCUT2D eigenvalue weighted by Gasteiger charge is -2.25. The predicted octanol–water partition coefficient (Wildman–Crippen LogP) is 4.78. The van der Waals surface area contributed by atoms with Gasteiger partial charge in [-0.2, -0.15) is 18.2 Å². The summed E-state index contributed by atoms with van der Waals surface area (Å²) in [4.78, 5) is 21.1. The van der Waals surface area contributed by atoms with Crippen molar-refractivity contribution in [1.29, 1.82) is 0 Å². The first-order chi connectivity index (χ1) is 15.8. The van der Waals surface area contributed by atoms with Crippen molar-refractivity contribution in [2.45, 2.75) is 57.8 Å². The molecule has 7 nitrogen and oxygen atoms in total. The maximum atomic E-state index is 13.1. The normalized spacial score (nSPS) is 18.3. The maximum Gasteiger partial charge on any atom is 0.433 e. The van der Waals surface area contributed by atoms with E-state index < -0.39 is 11.9 Å². The molecule has 0 radical (unpaired) electrons. The first kappa shape index (κ1) is 22.8. The van der Waals surface area contributed by atoms with E-state index in [4.69, 9.17) is 4.52 Å². The molecule has 0 saturated heterocycles. The van der Waals surface area contributed by atoms with Crippen LogP contribution in [0.5, 0.6) is 0 Å². The molecular weight excluding hydrogens is 435 g/mol. The second-order valence-corrected chi connectivity index (χ2v) is 8.00. The van der Waals surface area contributed by atoms with Gasteiger partial charge in [0.25, 0.3) is 11.8 Å². The van der Waals surface area contributed by atoms with E-state index in [-0.39, 0.29) is 23.9 Å². The van der Waals surface area contributed by atoms with Crippen LogP contribution in [0.15, 0.2) is 40.9 Å². The number of carbonyl (C=O) groups excluding carboxylic acids is 1. The smallest absolute Gasteiger partial charge is 0.379 e. The lowest BCUT2D eigenvalue weighted by molar-refractivity contribution is -0.141. The lowest BCUT2D eigenvalue weighted by atomic mass is 10.1. The topological polar surface area (TPSA) is 92.9 Å². The number of nitrogens with one attached hydrogen (secondary N) is 2. The number of amides is 1. The van der Waals surface area contributed by atoms with Crippen molar-refractivity contribution in [3.05, 3.63) is 59.2 Å². The number of carbonyl (C=O) groups is 1. The molecule has 2 atom stereocenters. The van der Waals surface area contributed by atoms with Crippen LogP contribution in [0.1, 0.15) is 53.8 Å². The molecule has 2 aromatic heterocycles. The van der Waals surface area contributed by atoms with Crippen LogP contribution >= 0.6 is 0 Å². The van der Waals surface area contributed by atoms with Crippen molar-refractivity contribution < 1.29 is 22.5 Å². The van der Waals surface area contributed by atoms with Crippen LogP contribution in [0.4, 0.5) is 18.9 Å². The summed E-state index contributed by atoms with van der Waals surface area (Å²) in [5.41, 5.74) is 0.946. The number of nitrogens with zero attached hydrogens (tertiary/aromatic N) is 3. The van der Waals surface area contributed by atoms with Crippen LogP contribution in [0.25, 0.3) is 11.5 Å². The van der Waals surface area contributed by atoms with Gasteiger partial charge in [0.2, 0.25) is 0 Å². The molecule has 0 aliphatic heterocycles. The van der Waals surface area contributed by atoms with E-state index in [0.29, 0.717) is 34.8 Å². The molecule has 3 aromatic rings. The molecule has 33 heavy (non-hydrogen) atoms. The first-order valence-corrected chi connectivity index (χ1v) is 10.8. The maximum absolute atomic E-state index is 13.1. The Labute approximate surface area is 188 Å². The number of hydrogen-bond donors (Lipinski definition) is 2. The number of hydrogen-bond acceptors (Lipinski definition) is 6. The Morgan fingerprint density at radius 1 is 1.12 bits per heavy atom. The van der Waals surface area contributed by atoms with Gasteiger partial charge in [0.1, 0.15) is 5.69 Å². The van der Waals surface area contributed by atoms with Crippen LogP contribution in [-0.4, -0.2) is 33.1 Å². The van der Waals surface area contributed by atoms with Gasteiger partial charge in [-0.15, -0.1) is 0 Å². The highest BCUT2D eigenvalue weighted by Crippen LogP contribution is 2.31. The zero-order chi connectivity index (χ0) is 23.6. The molecule has 1 aromatic carbocycles. The fourth-order valence-electron chi connectivity index (χ4n) is 4.09. The molecule has 1 saturated carbocycles. The van der Waals surface area contributed by atoms with E-state index in [2.05, 4.69) is 25.8 Å². The minimum Gasteiger partial charge on any atom is -0.379 e. The van der Waals surface area contributed by atoms with Gasteiger partial charge in [0.15, 0.2) is 5.82 Å². The van der Waals surface area contributed by atoms with Gasteiger partial charge in [0, 0.05) is 12.1 Å². The van der Waals surface area contributed by atoms with Crippen molar-refractivity contribution >= 4 is 11.6 Å². The van der Waals surface area contributed by atoms with Gasteiger partial charge >= 0.3 is 6.18 Å². The summed E-state index contributed by atoms with van der Waals surface area (Å²) in [5, 5.41) is 10.2. The third-order valence-corrected chi connectivity index (χ3v) is 5.70.